The van der Waals surface area contributed by atoms with Crippen LogP contribution in [0.1, 0.15) is 11.5 Å². The van der Waals surface area contributed by atoms with E-state index >= 15 is 0 Å². The molecule has 0 aromatic heterocycles. The van der Waals surface area contributed by atoms with Gasteiger partial charge in [-0.25, -0.2) is 0 Å². The first-order valence-electron chi connectivity index (χ1n) is 5.25. The Balaban J connectivity index is 2.18. The molecule has 1 fully saturated rings. The van der Waals surface area contributed by atoms with Crippen molar-refractivity contribution in [3.8, 4) is 0 Å². The van der Waals surface area contributed by atoms with Gasteiger partial charge in [-0.1, -0.05) is 30.3 Å². The Kier molecular flexibility index (Phi) is 2.85. The van der Waals surface area contributed by atoms with Crippen LogP contribution in [0.15, 0.2) is 30.3 Å². The molecule has 0 bridgehead atoms. The van der Waals surface area contributed by atoms with Crippen LogP contribution in [0.5, 0.6) is 0 Å². The summed E-state index contributed by atoms with van der Waals surface area (Å²) in [6.07, 6.45) is 0. The summed E-state index contributed by atoms with van der Waals surface area (Å²) in [6.45, 7) is 3.08. The van der Waals surface area contributed by atoms with Gasteiger partial charge >= 0.3 is 0 Å². The molecule has 1 aliphatic heterocycles. The summed E-state index contributed by atoms with van der Waals surface area (Å²) < 4.78 is 0. The zero-order valence-electron chi connectivity index (χ0n) is 8.69. The number of rotatable bonds is 2. The zero-order valence-corrected chi connectivity index (χ0v) is 8.69. The first-order chi connectivity index (χ1) is 6.81. The molecule has 0 radical (unpaired) electrons. The fourth-order valence-electron chi connectivity index (χ4n) is 2.40. The topological polar surface area (TPSA) is 29.3 Å². The van der Waals surface area contributed by atoms with Crippen LogP contribution in [0.3, 0.4) is 0 Å². The molecule has 2 rings (SSSR count). The number of hydrogen-bond acceptors (Lipinski definition) is 2. The van der Waals surface area contributed by atoms with Crippen molar-refractivity contribution in [2.24, 2.45) is 11.7 Å². The predicted molar refractivity (Wildman–Crippen MR) is 59.2 cm³/mol. The maximum absolute atomic E-state index is 5.80. The summed E-state index contributed by atoms with van der Waals surface area (Å²) in [5.74, 6) is 1.26. The van der Waals surface area contributed by atoms with E-state index in [1.54, 1.807) is 0 Å². The van der Waals surface area contributed by atoms with Crippen LogP contribution in [0.2, 0.25) is 0 Å². The van der Waals surface area contributed by atoms with Gasteiger partial charge < -0.3 is 10.6 Å². The minimum atomic E-state index is 0.627. The smallest absolute Gasteiger partial charge is 0.00510 e. The van der Waals surface area contributed by atoms with E-state index in [0.717, 1.165) is 19.6 Å². The highest BCUT2D eigenvalue weighted by Crippen LogP contribution is 2.30. The average Bonchev–Trinajstić information content (AvgIpc) is 2.61. The lowest BCUT2D eigenvalue weighted by Crippen LogP contribution is -2.21. The maximum Gasteiger partial charge on any atom is 0.00510 e. The van der Waals surface area contributed by atoms with E-state index in [-0.39, 0.29) is 0 Å². The summed E-state index contributed by atoms with van der Waals surface area (Å²) >= 11 is 0. The molecular formula is C12H18N2. The minimum absolute atomic E-state index is 0.627. The van der Waals surface area contributed by atoms with Crippen molar-refractivity contribution in [1.82, 2.24) is 4.90 Å². The Labute approximate surface area is 85.7 Å². The lowest BCUT2D eigenvalue weighted by Gasteiger charge is -2.16. The van der Waals surface area contributed by atoms with Crippen LogP contribution in [0.25, 0.3) is 0 Å². The molecule has 76 valence electrons. The first kappa shape index (κ1) is 9.69. The van der Waals surface area contributed by atoms with Gasteiger partial charge in [0.05, 0.1) is 0 Å². The van der Waals surface area contributed by atoms with Gasteiger partial charge in [0.25, 0.3) is 0 Å². The van der Waals surface area contributed by atoms with Crippen LogP contribution < -0.4 is 5.73 Å². The van der Waals surface area contributed by atoms with Gasteiger partial charge in [-0.15, -0.1) is 0 Å². The van der Waals surface area contributed by atoms with E-state index in [2.05, 4.69) is 42.3 Å². The normalized spacial score (nSPS) is 28.1. The second-order valence-electron chi connectivity index (χ2n) is 4.23. The summed E-state index contributed by atoms with van der Waals surface area (Å²) in [5, 5.41) is 0. The third kappa shape index (κ3) is 1.81. The van der Waals surface area contributed by atoms with Gasteiger partial charge in [-0.3, -0.25) is 0 Å². The van der Waals surface area contributed by atoms with E-state index in [1.165, 1.54) is 5.56 Å². The van der Waals surface area contributed by atoms with Crippen LogP contribution in [-0.2, 0) is 0 Å². The molecule has 2 heteroatoms. The molecule has 1 aromatic rings. The number of nitrogens with two attached hydrogens (primary N) is 1. The highest BCUT2D eigenvalue weighted by atomic mass is 15.1. The van der Waals surface area contributed by atoms with Crippen LogP contribution in [-0.4, -0.2) is 31.6 Å². The quantitative estimate of drug-likeness (QED) is 0.761. The van der Waals surface area contributed by atoms with E-state index in [9.17, 15) is 0 Å². The van der Waals surface area contributed by atoms with Crippen molar-refractivity contribution in [3.05, 3.63) is 35.9 Å². The molecule has 2 N–H and O–H groups in total. The van der Waals surface area contributed by atoms with Crippen LogP contribution >= 0.6 is 0 Å². The van der Waals surface area contributed by atoms with Crippen LogP contribution in [0, 0.1) is 5.92 Å². The van der Waals surface area contributed by atoms with Crippen molar-refractivity contribution in [1.29, 1.82) is 0 Å². The highest BCUT2D eigenvalue weighted by molar-refractivity contribution is 5.22. The molecule has 0 saturated carbocycles. The fraction of sp³-hybridized carbons (Fsp3) is 0.500. The molecule has 2 nitrogen and oxygen atoms in total. The standard InChI is InChI=1S/C12H18N2/c1-14-8-11(7-13)12(9-14)10-5-3-2-4-6-10/h2-6,11-12H,7-9,13H2,1H3/t11-,12-/m1/s1. The average molecular weight is 190 g/mol. The zero-order chi connectivity index (χ0) is 9.97. The van der Waals surface area contributed by atoms with Crippen molar-refractivity contribution in [2.45, 2.75) is 5.92 Å². The van der Waals surface area contributed by atoms with Gasteiger partial charge in [0.2, 0.25) is 0 Å². The summed E-state index contributed by atoms with van der Waals surface area (Å²) in [7, 11) is 2.17. The van der Waals surface area contributed by atoms with Crippen LogP contribution in [0.4, 0.5) is 0 Å². The van der Waals surface area contributed by atoms with Gasteiger partial charge in [0, 0.05) is 19.0 Å². The highest BCUT2D eigenvalue weighted by Gasteiger charge is 2.30. The summed E-state index contributed by atoms with van der Waals surface area (Å²) in [5.41, 5.74) is 7.23. The largest absolute Gasteiger partial charge is 0.330 e. The van der Waals surface area contributed by atoms with E-state index < -0.39 is 0 Å². The van der Waals surface area contributed by atoms with E-state index in [4.69, 9.17) is 5.73 Å². The van der Waals surface area contributed by atoms with E-state index in [0.29, 0.717) is 11.8 Å². The van der Waals surface area contributed by atoms with E-state index in [1.807, 2.05) is 0 Å². The Morgan fingerprint density at radius 3 is 2.64 bits per heavy atom. The van der Waals surface area contributed by atoms with Gasteiger partial charge in [0.1, 0.15) is 0 Å². The Morgan fingerprint density at radius 1 is 1.29 bits per heavy atom. The first-order valence-corrected chi connectivity index (χ1v) is 5.25. The molecule has 1 saturated heterocycles. The lowest BCUT2D eigenvalue weighted by atomic mass is 9.89. The molecule has 14 heavy (non-hydrogen) atoms. The predicted octanol–water partition coefficient (Wildman–Crippen LogP) is 1.29. The Morgan fingerprint density at radius 2 is 2.00 bits per heavy atom. The van der Waals surface area contributed by atoms with Gasteiger partial charge in [0.15, 0.2) is 0 Å². The molecule has 1 aliphatic rings. The second-order valence-corrected chi connectivity index (χ2v) is 4.23. The third-order valence-corrected chi connectivity index (χ3v) is 3.15. The van der Waals surface area contributed by atoms with Gasteiger partial charge in [-0.2, -0.15) is 0 Å². The number of likely N-dealkylation sites (N-methyl/N-ethyl adjacent to an activating group) is 1. The Hall–Kier alpha value is -0.860. The summed E-state index contributed by atoms with van der Waals surface area (Å²) in [4.78, 5) is 2.37. The molecule has 0 unspecified atom stereocenters. The number of benzene rings is 1. The lowest BCUT2D eigenvalue weighted by molar-refractivity contribution is 0.397. The minimum Gasteiger partial charge on any atom is -0.330 e. The summed E-state index contributed by atoms with van der Waals surface area (Å²) in [6, 6.07) is 10.7. The number of nitrogens with zero attached hydrogens (tertiary/aromatic N) is 1. The monoisotopic (exact) mass is 190 g/mol. The van der Waals surface area contributed by atoms with Crippen molar-refractivity contribution < 1.29 is 0 Å². The number of hydrogen-bond donors (Lipinski definition) is 1. The van der Waals surface area contributed by atoms with Crippen molar-refractivity contribution in [2.75, 3.05) is 26.7 Å². The molecule has 1 aromatic carbocycles. The molecule has 1 heterocycles. The fourth-order valence-corrected chi connectivity index (χ4v) is 2.40. The maximum atomic E-state index is 5.80. The van der Waals surface area contributed by atoms with Crippen molar-refractivity contribution in [3.63, 3.8) is 0 Å². The molecule has 0 spiro atoms. The molecular weight excluding hydrogens is 172 g/mol. The third-order valence-electron chi connectivity index (χ3n) is 3.15. The van der Waals surface area contributed by atoms with Crippen molar-refractivity contribution >= 4 is 0 Å². The SMILES string of the molecule is CN1C[C@@H](CN)[C@@H](c2ccccc2)C1. The Bertz CT molecular complexity index is 284. The number of likely N-dealkylation sites (tertiary alicyclic amines) is 1. The molecule has 2 atom stereocenters. The molecule has 0 aliphatic carbocycles. The van der Waals surface area contributed by atoms with Gasteiger partial charge in [-0.05, 0) is 25.1 Å². The second kappa shape index (κ2) is 4.11. The molecule has 0 amide bonds.